The first-order valence-corrected chi connectivity index (χ1v) is 8.21. The number of fused-ring (bicyclic) bond motifs is 1. The Balaban J connectivity index is 2.40. The molecule has 1 atom stereocenters. The van der Waals surface area contributed by atoms with Gasteiger partial charge in [-0.15, -0.1) is 0 Å². The van der Waals surface area contributed by atoms with E-state index in [1.54, 1.807) is 12.1 Å². The van der Waals surface area contributed by atoms with Crippen LogP contribution in [0.1, 0.15) is 22.7 Å². The van der Waals surface area contributed by atoms with Crippen molar-refractivity contribution in [1.82, 2.24) is 4.73 Å². The van der Waals surface area contributed by atoms with Crippen molar-refractivity contribution in [3.63, 3.8) is 0 Å². The number of nitriles is 1. The molecule has 0 fully saturated rings. The van der Waals surface area contributed by atoms with Crippen molar-refractivity contribution in [2.75, 3.05) is 21.3 Å². The Bertz CT molecular complexity index is 1080. The van der Waals surface area contributed by atoms with Crippen molar-refractivity contribution in [2.45, 2.75) is 12.8 Å². The molecule has 1 aliphatic rings. The van der Waals surface area contributed by atoms with Gasteiger partial charge in [0.2, 0.25) is 5.88 Å². The van der Waals surface area contributed by atoms with Gasteiger partial charge in [0, 0.05) is 17.7 Å². The van der Waals surface area contributed by atoms with Gasteiger partial charge in [0.25, 0.3) is 5.56 Å². The van der Waals surface area contributed by atoms with Gasteiger partial charge in [0.15, 0.2) is 11.5 Å². The van der Waals surface area contributed by atoms with Gasteiger partial charge in [-0.3, -0.25) is 4.79 Å². The van der Waals surface area contributed by atoms with Gasteiger partial charge in [-0.2, -0.15) is 9.99 Å². The van der Waals surface area contributed by atoms with Crippen LogP contribution in [0.4, 0.5) is 0 Å². The normalized spacial score (nSPS) is 15.3. The van der Waals surface area contributed by atoms with Gasteiger partial charge < -0.3 is 29.9 Å². The summed E-state index contributed by atoms with van der Waals surface area (Å²) in [5, 5.41) is 19.8. The Morgan fingerprint density at radius 1 is 1.14 bits per heavy atom. The first kappa shape index (κ1) is 19.0. The molecule has 1 aromatic heterocycles. The minimum Gasteiger partial charge on any atom is -0.496 e. The third kappa shape index (κ3) is 2.75. The summed E-state index contributed by atoms with van der Waals surface area (Å²) in [6.45, 7) is 1.54. The molecule has 1 aromatic carbocycles. The van der Waals surface area contributed by atoms with Crippen LogP contribution in [0.3, 0.4) is 0 Å². The molecule has 0 saturated heterocycles. The molecule has 146 valence electrons. The molecule has 2 aromatic rings. The average molecular weight is 385 g/mol. The lowest BCUT2D eigenvalue weighted by atomic mass is 9.83. The van der Waals surface area contributed by atoms with Crippen LogP contribution in [0, 0.1) is 18.3 Å². The van der Waals surface area contributed by atoms with Crippen LogP contribution in [0.25, 0.3) is 0 Å². The molecule has 1 aliphatic heterocycles. The lowest BCUT2D eigenvalue weighted by molar-refractivity contribution is 0.165. The zero-order valence-electron chi connectivity index (χ0n) is 15.8. The van der Waals surface area contributed by atoms with E-state index in [1.807, 2.05) is 6.07 Å². The van der Waals surface area contributed by atoms with Crippen molar-refractivity contribution in [2.24, 2.45) is 5.73 Å². The maximum Gasteiger partial charge on any atom is 0.291 e. The fourth-order valence-electron chi connectivity index (χ4n) is 3.23. The van der Waals surface area contributed by atoms with Crippen LogP contribution < -0.4 is 30.2 Å². The van der Waals surface area contributed by atoms with Crippen LogP contribution in [-0.4, -0.2) is 31.3 Å². The fourth-order valence-corrected chi connectivity index (χ4v) is 3.23. The number of aryl methyl sites for hydroxylation is 1. The minimum absolute atomic E-state index is 0.0129. The summed E-state index contributed by atoms with van der Waals surface area (Å²) in [5.74, 6) is 0.223. The predicted octanol–water partition coefficient (Wildman–Crippen LogP) is 1.64. The molecule has 9 nitrogen and oxygen atoms in total. The number of allylic oxidation sites excluding steroid dienone is 1. The molecule has 0 bridgehead atoms. The van der Waals surface area contributed by atoms with Gasteiger partial charge in [-0.25, -0.2) is 0 Å². The Morgan fingerprint density at radius 3 is 2.32 bits per heavy atom. The van der Waals surface area contributed by atoms with Crippen LogP contribution in [-0.2, 0) is 0 Å². The maximum atomic E-state index is 12.8. The van der Waals surface area contributed by atoms with E-state index in [2.05, 4.69) is 0 Å². The zero-order chi connectivity index (χ0) is 20.6. The van der Waals surface area contributed by atoms with E-state index in [1.165, 1.54) is 34.3 Å². The number of hydrogen-bond acceptors (Lipinski definition) is 8. The highest BCUT2D eigenvalue weighted by Gasteiger charge is 2.36. The number of pyridine rings is 1. The number of rotatable bonds is 4. The second kappa shape index (κ2) is 7.08. The molecule has 1 unspecified atom stereocenters. The maximum absolute atomic E-state index is 12.8. The minimum atomic E-state index is -0.935. The zero-order valence-corrected chi connectivity index (χ0v) is 15.8. The third-order valence-electron chi connectivity index (χ3n) is 4.59. The molecule has 3 rings (SSSR count). The molecule has 0 amide bonds. The monoisotopic (exact) mass is 385 g/mol. The number of nitrogens with zero attached hydrogens (tertiary/aromatic N) is 2. The summed E-state index contributed by atoms with van der Waals surface area (Å²) in [6, 6.07) is 6.65. The SMILES string of the molecule is COc1cc(OC)c(C2C(C#N)=C(N)Oc3cc(C)n(O)c(=O)c32)cc1OC. The van der Waals surface area contributed by atoms with E-state index in [9.17, 15) is 15.3 Å². The lowest BCUT2D eigenvalue weighted by Crippen LogP contribution is -2.32. The Morgan fingerprint density at radius 2 is 1.75 bits per heavy atom. The predicted molar refractivity (Wildman–Crippen MR) is 98.0 cm³/mol. The Hall–Kier alpha value is -3.80. The highest BCUT2D eigenvalue weighted by Crippen LogP contribution is 2.46. The van der Waals surface area contributed by atoms with Crippen molar-refractivity contribution in [3.05, 3.63) is 56.8 Å². The summed E-state index contributed by atoms with van der Waals surface area (Å²) in [7, 11) is 4.39. The lowest BCUT2D eigenvalue weighted by Gasteiger charge is -2.27. The molecule has 0 aliphatic carbocycles. The average Bonchev–Trinajstić information content (AvgIpc) is 2.70. The van der Waals surface area contributed by atoms with E-state index in [-0.39, 0.29) is 28.5 Å². The molecular weight excluding hydrogens is 366 g/mol. The quantitative estimate of drug-likeness (QED) is 0.760. The number of hydrogen-bond donors (Lipinski definition) is 2. The van der Waals surface area contributed by atoms with Gasteiger partial charge in [-0.05, 0) is 13.0 Å². The van der Waals surface area contributed by atoms with E-state index < -0.39 is 11.5 Å². The van der Waals surface area contributed by atoms with Gasteiger partial charge in [-0.1, -0.05) is 0 Å². The van der Waals surface area contributed by atoms with E-state index in [0.717, 1.165) is 0 Å². The second-order valence-corrected chi connectivity index (χ2v) is 6.05. The molecular formula is C19H19N3O6. The van der Waals surface area contributed by atoms with Gasteiger partial charge in [0.1, 0.15) is 23.1 Å². The van der Waals surface area contributed by atoms with Crippen molar-refractivity contribution >= 4 is 0 Å². The molecule has 0 saturated carbocycles. The summed E-state index contributed by atoms with van der Waals surface area (Å²) in [4.78, 5) is 12.8. The van der Waals surface area contributed by atoms with E-state index >= 15 is 0 Å². The first-order valence-electron chi connectivity index (χ1n) is 8.21. The first-order chi connectivity index (χ1) is 13.4. The van der Waals surface area contributed by atoms with Crippen LogP contribution >= 0.6 is 0 Å². The number of methoxy groups -OCH3 is 3. The van der Waals surface area contributed by atoms with Crippen LogP contribution in [0.5, 0.6) is 23.0 Å². The van der Waals surface area contributed by atoms with Gasteiger partial charge in [0.05, 0.1) is 38.5 Å². The Labute approximate surface area is 160 Å². The van der Waals surface area contributed by atoms with Crippen LogP contribution in [0.2, 0.25) is 0 Å². The highest BCUT2D eigenvalue weighted by atomic mass is 16.5. The molecule has 2 heterocycles. The van der Waals surface area contributed by atoms with Gasteiger partial charge >= 0.3 is 0 Å². The van der Waals surface area contributed by atoms with Crippen molar-refractivity contribution in [1.29, 1.82) is 5.26 Å². The van der Waals surface area contributed by atoms with Crippen molar-refractivity contribution < 1.29 is 24.2 Å². The van der Waals surface area contributed by atoms with Crippen molar-refractivity contribution in [3.8, 4) is 29.1 Å². The highest BCUT2D eigenvalue weighted by molar-refractivity contribution is 5.61. The van der Waals surface area contributed by atoms with Crippen LogP contribution in [0.15, 0.2) is 34.4 Å². The third-order valence-corrected chi connectivity index (χ3v) is 4.59. The number of ether oxygens (including phenoxy) is 4. The summed E-state index contributed by atoms with van der Waals surface area (Å²) in [5.41, 5.74) is 6.00. The largest absolute Gasteiger partial charge is 0.496 e. The molecule has 28 heavy (non-hydrogen) atoms. The number of nitrogens with two attached hydrogens (primary N) is 1. The summed E-state index contributed by atoms with van der Waals surface area (Å²) in [6.07, 6.45) is 0. The molecule has 9 heteroatoms. The topological polar surface area (TPSA) is 129 Å². The molecule has 0 spiro atoms. The number of benzene rings is 1. The summed E-state index contributed by atoms with van der Waals surface area (Å²) >= 11 is 0. The number of aromatic nitrogens is 1. The standard InChI is InChI=1S/C19H19N3O6/c1-9-5-15-17(19(23)22(9)24)16(11(8-20)18(21)28-15)10-6-13(26-3)14(27-4)7-12(10)25-2/h5-7,16,24H,21H2,1-4H3. The Kier molecular flexibility index (Phi) is 4.79. The molecule has 0 radical (unpaired) electrons. The summed E-state index contributed by atoms with van der Waals surface area (Å²) < 4.78 is 22.1. The second-order valence-electron chi connectivity index (χ2n) is 6.05. The van der Waals surface area contributed by atoms with E-state index in [4.69, 9.17) is 24.7 Å². The smallest absolute Gasteiger partial charge is 0.291 e. The van der Waals surface area contributed by atoms with E-state index in [0.29, 0.717) is 27.5 Å². The fraction of sp³-hybridized carbons (Fsp3) is 0.263. The molecule has 3 N–H and O–H groups in total.